The fourth-order valence-electron chi connectivity index (χ4n) is 3.37. The molecule has 23 heavy (non-hydrogen) atoms. The molecule has 1 fully saturated rings. The average Bonchev–Trinajstić information content (AvgIpc) is 3.24. The zero-order valence-corrected chi connectivity index (χ0v) is 15.7. The Kier molecular flexibility index (Phi) is 4.34. The van der Waals surface area contributed by atoms with Crippen molar-refractivity contribution in [3.05, 3.63) is 28.2 Å². The van der Waals surface area contributed by atoms with Gasteiger partial charge in [-0.25, -0.2) is 4.79 Å². The summed E-state index contributed by atoms with van der Waals surface area (Å²) in [5.74, 6) is 1.03. The lowest BCUT2D eigenvalue weighted by Crippen LogP contribution is -2.46. The largest absolute Gasteiger partial charge is 0.444 e. The predicted molar refractivity (Wildman–Crippen MR) is 95.6 cm³/mol. The molecule has 3 atom stereocenters. The molecule has 1 saturated carbocycles. The van der Waals surface area contributed by atoms with Gasteiger partial charge in [-0.3, -0.25) is 0 Å². The van der Waals surface area contributed by atoms with Crippen molar-refractivity contribution >= 4 is 27.7 Å². The van der Waals surface area contributed by atoms with E-state index in [9.17, 15) is 4.79 Å². The number of rotatable bonds is 2. The monoisotopic (exact) mass is 380 g/mol. The van der Waals surface area contributed by atoms with Gasteiger partial charge < -0.3 is 15.4 Å². The van der Waals surface area contributed by atoms with Crippen LogP contribution in [0, 0.1) is 11.8 Å². The smallest absolute Gasteiger partial charge is 0.408 e. The van der Waals surface area contributed by atoms with Gasteiger partial charge in [0.2, 0.25) is 0 Å². The molecule has 1 aromatic rings. The Bertz CT molecular complexity index is 608. The van der Waals surface area contributed by atoms with Crippen LogP contribution in [0.2, 0.25) is 0 Å². The number of ether oxygens (including phenoxy) is 1. The summed E-state index contributed by atoms with van der Waals surface area (Å²) in [7, 11) is 0. The fraction of sp³-hybridized carbons (Fsp3) is 0.611. The number of fused-ring (bicyclic) bond motifs is 1. The Morgan fingerprint density at radius 3 is 2.65 bits per heavy atom. The van der Waals surface area contributed by atoms with Crippen molar-refractivity contribution in [1.29, 1.82) is 0 Å². The van der Waals surface area contributed by atoms with Crippen molar-refractivity contribution in [3.8, 4) is 0 Å². The van der Waals surface area contributed by atoms with Crippen molar-refractivity contribution in [3.63, 3.8) is 0 Å². The van der Waals surface area contributed by atoms with Crippen LogP contribution < -0.4 is 10.6 Å². The first-order chi connectivity index (χ1) is 10.7. The van der Waals surface area contributed by atoms with Crippen LogP contribution in [-0.4, -0.2) is 17.7 Å². The van der Waals surface area contributed by atoms with Gasteiger partial charge >= 0.3 is 6.09 Å². The van der Waals surface area contributed by atoms with Gasteiger partial charge in [-0.1, -0.05) is 22.9 Å². The van der Waals surface area contributed by atoms with Crippen molar-refractivity contribution in [2.75, 3.05) is 5.32 Å². The van der Waals surface area contributed by atoms with Crippen LogP contribution in [0.4, 0.5) is 10.5 Å². The van der Waals surface area contributed by atoms with E-state index < -0.39 is 5.60 Å². The van der Waals surface area contributed by atoms with Crippen LogP contribution in [0.25, 0.3) is 0 Å². The highest BCUT2D eigenvalue weighted by molar-refractivity contribution is 9.10. The van der Waals surface area contributed by atoms with E-state index >= 15 is 0 Å². The Morgan fingerprint density at radius 2 is 2.04 bits per heavy atom. The van der Waals surface area contributed by atoms with Crippen molar-refractivity contribution in [1.82, 2.24) is 5.32 Å². The maximum absolute atomic E-state index is 12.3. The number of carbonyl (C=O) groups excluding carboxylic acids is 1. The first-order valence-electron chi connectivity index (χ1n) is 8.30. The minimum Gasteiger partial charge on any atom is -0.444 e. The number of benzene rings is 1. The first kappa shape index (κ1) is 16.6. The first-order valence-corrected chi connectivity index (χ1v) is 9.09. The van der Waals surface area contributed by atoms with Crippen LogP contribution in [0.15, 0.2) is 22.7 Å². The molecule has 1 amide bonds. The van der Waals surface area contributed by atoms with Crippen LogP contribution in [-0.2, 0) is 4.74 Å². The van der Waals surface area contributed by atoms with E-state index in [0.717, 1.165) is 15.7 Å². The summed E-state index contributed by atoms with van der Waals surface area (Å²) in [5.41, 5.74) is 1.75. The minimum absolute atomic E-state index is 0.0378. The van der Waals surface area contributed by atoms with Gasteiger partial charge in [0.25, 0.3) is 0 Å². The zero-order valence-electron chi connectivity index (χ0n) is 14.2. The molecule has 0 spiro atoms. The third-order valence-corrected chi connectivity index (χ3v) is 5.06. The van der Waals surface area contributed by atoms with Gasteiger partial charge in [0, 0.05) is 22.1 Å². The number of anilines is 1. The highest BCUT2D eigenvalue weighted by Gasteiger charge is 2.42. The normalized spacial score (nSPS) is 26.9. The van der Waals surface area contributed by atoms with E-state index in [-0.39, 0.29) is 12.1 Å². The standard InChI is InChI=1S/C18H25BrN2O2/c1-10-15(11-5-6-11)20-14-8-7-12(19)9-13(14)16(10)21-17(22)23-18(2,3)4/h7-11,15-16,20H,5-6H2,1-4H3,(H,21,22)/t10-,15+,16?/m0/s1. The molecule has 4 nitrogen and oxygen atoms in total. The van der Waals surface area contributed by atoms with Crippen molar-refractivity contribution in [2.24, 2.45) is 11.8 Å². The molecule has 2 aliphatic rings. The topological polar surface area (TPSA) is 50.4 Å². The molecule has 1 aliphatic carbocycles. The van der Waals surface area contributed by atoms with Gasteiger partial charge in [0.05, 0.1) is 6.04 Å². The van der Waals surface area contributed by atoms with Crippen molar-refractivity contribution in [2.45, 2.75) is 58.2 Å². The van der Waals surface area contributed by atoms with E-state index in [1.807, 2.05) is 26.8 Å². The summed E-state index contributed by atoms with van der Waals surface area (Å²) < 4.78 is 6.48. The molecule has 1 aliphatic heterocycles. The summed E-state index contributed by atoms with van der Waals surface area (Å²) in [5, 5.41) is 6.77. The lowest BCUT2D eigenvalue weighted by Gasteiger charge is -2.40. The predicted octanol–water partition coefficient (Wildman–Crippen LogP) is 4.86. The number of hydrogen-bond donors (Lipinski definition) is 2. The van der Waals surface area contributed by atoms with Crippen LogP contribution in [0.3, 0.4) is 0 Å². The van der Waals surface area contributed by atoms with Gasteiger partial charge in [-0.15, -0.1) is 0 Å². The van der Waals surface area contributed by atoms with Gasteiger partial charge in [-0.05, 0) is 63.3 Å². The molecule has 2 N–H and O–H groups in total. The molecule has 0 saturated heterocycles. The fourth-order valence-corrected chi connectivity index (χ4v) is 3.75. The van der Waals surface area contributed by atoms with Gasteiger partial charge in [0.15, 0.2) is 0 Å². The lowest BCUT2D eigenvalue weighted by molar-refractivity contribution is 0.0480. The molecule has 1 unspecified atom stereocenters. The third kappa shape index (κ3) is 3.82. The summed E-state index contributed by atoms with van der Waals surface area (Å²) in [6.45, 7) is 7.86. The Balaban J connectivity index is 1.86. The number of alkyl carbamates (subject to hydrolysis) is 1. The number of halogens is 1. The Labute approximate surface area is 146 Å². The minimum atomic E-state index is -0.490. The Morgan fingerprint density at radius 1 is 1.35 bits per heavy atom. The van der Waals surface area contributed by atoms with E-state index in [2.05, 4.69) is 45.6 Å². The molecule has 1 aromatic carbocycles. The second-order valence-electron chi connectivity index (χ2n) is 7.72. The van der Waals surface area contributed by atoms with Gasteiger partial charge in [-0.2, -0.15) is 0 Å². The number of carbonyl (C=O) groups is 1. The molecule has 1 heterocycles. The molecule has 0 bridgehead atoms. The molecule has 126 valence electrons. The maximum atomic E-state index is 12.3. The van der Waals surface area contributed by atoms with E-state index in [0.29, 0.717) is 17.9 Å². The number of hydrogen-bond acceptors (Lipinski definition) is 3. The Hall–Kier alpha value is -1.23. The summed E-state index contributed by atoms with van der Waals surface area (Å²) >= 11 is 3.54. The molecular formula is C18H25BrN2O2. The van der Waals surface area contributed by atoms with E-state index in [4.69, 9.17) is 4.74 Å². The second kappa shape index (κ2) is 6.00. The van der Waals surface area contributed by atoms with Crippen LogP contribution >= 0.6 is 15.9 Å². The summed E-state index contributed by atoms with van der Waals surface area (Å²) in [6.07, 6.45) is 2.19. The third-order valence-electron chi connectivity index (χ3n) is 4.57. The SMILES string of the molecule is C[C@@H]1C(NC(=O)OC(C)(C)C)c2cc(Br)ccc2N[C@H]1C1CC1. The highest BCUT2D eigenvalue weighted by Crippen LogP contribution is 2.46. The molecule has 5 heteroatoms. The quantitative estimate of drug-likeness (QED) is 0.770. The zero-order chi connectivity index (χ0) is 16.8. The van der Waals surface area contributed by atoms with Crippen LogP contribution in [0.5, 0.6) is 0 Å². The maximum Gasteiger partial charge on any atom is 0.408 e. The molecule has 0 radical (unpaired) electrons. The summed E-state index contributed by atoms with van der Waals surface area (Å²) in [4.78, 5) is 12.3. The molecule has 3 rings (SSSR count). The van der Waals surface area contributed by atoms with E-state index in [1.165, 1.54) is 12.8 Å². The summed E-state index contributed by atoms with van der Waals surface area (Å²) in [6, 6.07) is 6.58. The van der Waals surface area contributed by atoms with Crippen molar-refractivity contribution < 1.29 is 9.53 Å². The van der Waals surface area contributed by atoms with Gasteiger partial charge in [0.1, 0.15) is 5.60 Å². The lowest BCUT2D eigenvalue weighted by atomic mass is 9.82. The molecular weight excluding hydrogens is 356 g/mol. The van der Waals surface area contributed by atoms with Crippen LogP contribution in [0.1, 0.15) is 52.1 Å². The second-order valence-corrected chi connectivity index (χ2v) is 8.64. The number of nitrogens with one attached hydrogen (secondary N) is 2. The average molecular weight is 381 g/mol. The number of amides is 1. The van der Waals surface area contributed by atoms with E-state index in [1.54, 1.807) is 0 Å². The molecule has 0 aromatic heterocycles. The highest BCUT2D eigenvalue weighted by atomic mass is 79.9.